The molecule has 6 nitrogen and oxygen atoms in total. The zero-order valence-corrected chi connectivity index (χ0v) is 15.5. The van der Waals surface area contributed by atoms with Gasteiger partial charge in [-0.1, -0.05) is 36.4 Å². The molecule has 6 heteroatoms. The van der Waals surface area contributed by atoms with Crippen molar-refractivity contribution < 1.29 is 14.8 Å². The molecule has 144 valence electrons. The van der Waals surface area contributed by atoms with Crippen molar-refractivity contribution in [3.63, 3.8) is 0 Å². The van der Waals surface area contributed by atoms with Crippen LogP contribution in [0.5, 0.6) is 0 Å². The predicted molar refractivity (Wildman–Crippen MR) is 110 cm³/mol. The van der Waals surface area contributed by atoms with Gasteiger partial charge in [0.1, 0.15) is 0 Å². The second kappa shape index (κ2) is 9.53. The molecule has 0 aromatic heterocycles. The largest absolute Gasteiger partial charge is 0.368 e. The average molecular weight is 377 g/mol. The van der Waals surface area contributed by atoms with Crippen LogP contribution in [0, 0.1) is 0 Å². The number of para-hydroxylation sites is 1. The molecule has 0 aliphatic carbocycles. The van der Waals surface area contributed by atoms with Crippen LogP contribution in [0.2, 0.25) is 0 Å². The summed E-state index contributed by atoms with van der Waals surface area (Å²) in [4.78, 5) is 27.7. The summed E-state index contributed by atoms with van der Waals surface area (Å²) in [6, 6.07) is 17.7. The maximum Gasteiger partial charge on any atom is 0.267 e. The third-order valence-corrected chi connectivity index (χ3v) is 4.58. The van der Waals surface area contributed by atoms with Crippen LogP contribution >= 0.6 is 0 Å². The zero-order valence-electron chi connectivity index (χ0n) is 15.5. The van der Waals surface area contributed by atoms with Crippen molar-refractivity contribution in [1.82, 2.24) is 10.4 Å². The van der Waals surface area contributed by atoms with Gasteiger partial charge in [0.15, 0.2) is 0 Å². The maximum atomic E-state index is 12.5. The molecular weight excluding hydrogens is 354 g/mol. The number of rotatable bonds is 5. The number of piperazine rings is 1. The molecule has 2 aromatic carbocycles. The van der Waals surface area contributed by atoms with Crippen molar-refractivity contribution in [1.29, 1.82) is 0 Å². The molecule has 1 aliphatic heterocycles. The summed E-state index contributed by atoms with van der Waals surface area (Å²) in [6.07, 6.45) is 6.19. The summed E-state index contributed by atoms with van der Waals surface area (Å²) in [5.41, 5.74) is 4.40. The number of carbonyl (C=O) groups is 2. The molecule has 1 saturated heterocycles. The zero-order chi connectivity index (χ0) is 19.8. The highest BCUT2D eigenvalue weighted by Gasteiger charge is 2.19. The van der Waals surface area contributed by atoms with Crippen molar-refractivity contribution in [3.05, 3.63) is 77.9 Å². The van der Waals surface area contributed by atoms with Crippen molar-refractivity contribution >= 4 is 29.7 Å². The first kappa shape index (κ1) is 19.4. The third kappa shape index (κ3) is 5.31. The van der Waals surface area contributed by atoms with Crippen LogP contribution in [0.3, 0.4) is 0 Å². The number of nitrogens with one attached hydrogen (secondary N) is 1. The van der Waals surface area contributed by atoms with Crippen LogP contribution in [-0.4, -0.2) is 48.1 Å². The van der Waals surface area contributed by atoms with Crippen molar-refractivity contribution in [2.45, 2.75) is 0 Å². The van der Waals surface area contributed by atoms with Crippen molar-refractivity contribution in [2.24, 2.45) is 0 Å². The number of benzene rings is 2. The van der Waals surface area contributed by atoms with E-state index in [0.717, 1.165) is 24.2 Å². The standard InChI is InChI=1S/C22H23N3O3/c26-21(23-28)11-9-18-5-4-6-19(17-18)10-12-22(27)25-15-13-24(14-16-25)20-7-2-1-3-8-20/h1-12,17,28H,13-16H2,(H,23,26). The van der Waals surface area contributed by atoms with Crippen LogP contribution < -0.4 is 10.4 Å². The lowest BCUT2D eigenvalue weighted by Crippen LogP contribution is -2.48. The first-order valence-corrected chi connectivity index (χ1v) is 9.15. The molecule has 1 aliphatic rings. The SMILES string of the molecule is O=C(C=Cc1cccc(C=CC(=O)N2CCN(c3ccccc3)CC2)c1)NO. The highest BCUT2D eigenvalue weighted by Crippen LogP contribution is 2.16. The summed E-state index contributed by atoms with van der Waals surface area (Å²) in [5, 5.41) is 8.51. The van der Waals surface area contributed by atoms with Crippen LogP contribution in [0.25, 0.3) is 12.2 Å². The van der Waals surface area contributed by atoms with Gasteiger partial charge >= 0.3 is 0 Å². The molecule has 0 spiro atoms. The number of hydrogen-bond acceptors (Lipinski definition) is 4. The maximum absolute atomic E-state index is 12.5. The lowest BCUT2D eigenvalue weighted by molar-refractivity contribution is -0.126. The Morgan fingerprint density at radius 2 is 1.50 bits per heavy atom. The molecule has 0 saturated carbocycles. The Labute approximate surface area is 164 Å². The van der Waals surface area contributed by atoms with E-state index in [1.165, 1.54) is 11.8 Å². The van der Waals surface area contributed by atoms with E-state index < -0.39 is 5.91 Å². The number of carbonyl (C=O) groups excluding carboxylic acids is 2. The number of anilines is 1. The van der Waals surface area contributed by atoms with E-state index in [1.807, 2.05) is 47.4 Å². The third-order valence-electron chi connectivity index (χ3n) is 4.58. The van der Waals surface area contributed by atoms with Gasteiger partial charge in [-0.3, -0.25) is 14.8 Å². The van der Waals surface area contributed by atoms with Crippen LogP contribution in [0.1, 0.15) is 11.1 Å². The summed E-state index contributed by atoms with van der Waals surface area (Å²) >= 11 is 0. The molecule has 0 atom stereocenters. The Kier molecular flexibility index (Phi) is 6.59. The molecule has 1 fully saturated rings. The first-order valence-electron chi connectivity index (χ1n) is 9.15. The van der Waals surface area contributed by atoms with Gasteiger partial charge in [-0.05, 0) is 41.5 Å². The monoisotopic (exact) mass is 377 g/mol. The van der Waals surface area contributed by atoms with Crippen molar-refractivity contribution in [2.75, 3.05) is 31.1 Å². The van der Waals surface area contributed by atoms with Gasteiger partial charge in [-0.2, -0.15) is 0 Å². The minimum absolute atomic E-state index is 0.00619. The molecule has 0 radical (unpaired) electrons. The highest BCUT2D eigenvalue weighted by molar-refractivity contribution is 5.92. The lowest BCUT2D eigenvalue weighted by Gasteiger charge is -2.35. The second-order valence-electron chi connectivity index (χ2n) is 6.46. The van der Waals surface area contributed by atoms with Crippen LogP contribution in [0.15, 0.2) is 66.7 Å². The second-order valence-corrected chi connectivity index (χ2v) is 6.46. The Morgan fingerprint density at radius 1 is 0.857 bits per heavy atom. The average Bonchev–Trinajstić information content (AvgIpc) is 2.76. The minimum atomic E-state index is -0.592. The molecule has 2 N–H and O–H groups in total. The molecule has 0 bridgehead atoms. The van der Waals surface area contributed by atoms with Crippen molar-refractivity contribution in [3.8, 4) is 0 Å². The van der Waals surface area contributed by atoms with E-state index in [9.17, 15) is 9.59 Å². The fourth-order valence-corrected chi connectivity index (χ4v) is 3.07. The number of hydroxylamine groups is 1. The van der Waals surface area contributed by atoms with E-state index in [2.05, 4.69) is 17.0 Å². The van der Waals surface area contributed by atoms with Gasteiger partial charge in [0.05, 0.1) is 0 Å². The number of nitrogens with zero attached hydrogens (tertiary/aromatic N) is 2. The van der Waals surface area contributed by atoms with Crippen LogP contribution in [-0.2, 0) is 9.59 Å². The fraction of sp³-hybridized carbons (Fsp3) is 0.182. The number of hydrogen-bond donors (Lipinski definition) is 2. The van der Waals surface area contributed by atoms with E-state index in [-0.39, 0.29) is 5.91 Å². The molecule has 3 rings (SSSR count). The van der Waals surface area contributed by atoms with E-state index in [0.29, 0.717) is 13.1 Å². The Balaban J connectivity index is 1.56. The van der Waals surface area contributed by atoms with Gasteiger partial charge in [-0.25, -0.2) is 5.48 Å². The highest BCUT2D eigenvalue weighted by atomic mass is 16.5. The van der Waals surface area contributed by atoms with Crippen LogP contribution in [0.4, 0.5) is 5.69 Å². The van der Waals surface area contributed by atoms with E-state index >= 15 is 0 Å². The summed E-state index contributed by atoms with van der Waals surface area (Å²) < 4.78 is 0. The topological polar surface area (TPSA) is 72.9 Å². The lowest BCUT2D eigenvalue weighted by atomic mass is 10.1. The van der Waals surface area contributed by atoms with E-state index in [1.54, 1.807) is 23.7 Å². The van der Waals surface area contributed by atoms with Gasteiger partial charge < -0.3 is 9.80 Å². The predicted octanol–water partition coefficient (Wildman–Crippen LogP) is 2.57. The van der Waals surface area contributed by atoms with E-state index in [4.69, 9.17) is 5.21 Å². The summed E-state index contributed by atoms with van der Waals surface area (Å²) in [7, 11) is 0. The number of amides is 2. The summed E-state index contributed by atoms with van der Waals surface area (Å²) in [5.74, 6) is -0.598. The summed E-state index contributed by atoms with van der Waals surface area (Å²) in [6.45, 7) is 3.02. The normalized spacial score (nSPS) is 14.6. The molecule has 0 unspecified atom stereocenters. The molecule has 2 aromatic rings. The Morgan fingerprint density at radius 3 is 2.14 bits per heavy atom. The quantitative estimate of drug-likeness (QED) is 0.477. The fourth-order valence-electron chi connectivity index (χ4n) is 3.07. The van der Waals surface area contributed by atoms with Gasteiger partial charge in [0, 0.05) is 44.0 Å². The molecular formula is C22H23N3O3. The molecule has 2 amide bonds. The Bertz CT molecular complexity index is 870. The van der Waals surface area contributed by atoms with Gasteiger partial charge in [0.25, 0.3) is 5.91 Å². The molecule has 1 heterocycles. The molecule has 28 heavy (non-hydrogen) atoms. The smallest absolute Gasteiger partial charge is 0.267 e. The minimum Gasteiger partial charge on any atom is -0.368 e. The first-order chi connectivity index (χ1) is 13.7. The van der Waals surface area contributed by atoms with Gasteiger partial charge in [-0.15, -0.1) is 0 Å². The van der Waals surface area contributed by atoms with Gasteiger partial charge in [0.2, 0.25) is 5.91 Å². The Hall–Kier alpha value is -3.38.